The Kier molecular flexibility index (Phi) is 5.24. The fourth-order valence-electron chi connectivity index (χ4n) is 1.16. The molecular weight excluding hydrogens is 242 g/mol. The third kappa shape index (κ3) is 4.51. The van der Waals surface area contributed by atoms with Crippen molar-refractivity contribution in [3.63, 3.8) is 0 Å². The summed E-state index contributed by atoms with van der Waals surface area (Å²) >= 11 is 3.38. The van der Waals surface area contributed by atoms with Crippen molar-refractivity contribution in [2.45, 2.75) is 36.1 Å². The predicted molar refractivity (Wildman–Crippen MR) is 68.5 cm³/mol. The number of carbonyl (C=O) groups excluding carboxylic acids is 1. The lowest BCUT2D eigenvalue weighted by atomic mass is 9.96. The van der Waals surface area contributed by atoms with Crippen molar-refractivity contribution in [1.29, 1.82) is 0 Å². The zero-order valence-corrected chi connectivity index (χ0v) is 10.9. The van der Waals surface area contributed by atoms with Crippen LogP contribution in [0.5, 0.6) is 0 Å². The summed E-state index contributed by atoms with van der Waals surface area (Å²) in [7, 11) is 0. The van der Waals surface area contributed by atoms with Gasteiger partial charge in [-0.15, -0.1) is 11.3 Å². The van der Waals surface area contributed by atoms with E-state index in [4.69, 9.17) is 11.5 Å². The van der Waals surface area contributed by atoms with E-state index in [0.717, 1.165) is 22.9 Å². The predicted octanol–water partition coefficient (Wildman–Crippen LogP) is 1.61. The Morgan fingerprint density at radius 2 is 2.38 bits per heavy atom. The van der Waals surface area contributed by atoms with Crippen LogP contribution in [0.3, 0.4) is 0 Å². The monoisotopic (exact) mass is 259 g/mol. The summed E-state index contributed by atoms with van der Waals surface area (Å²) in [6.07, 6.45) is 4.37. The highest BCUT2D eigenvalue weighted by atomic mass is 32.2. The molecule has 0 spiro atoms. The number of amides is 1. The van der Waals surface area contributed by atoms with Crippen LogP contribution in [0.2, 0.25) is 0 Å². The lowest BCUT2D eigenvalue weighted by Crippen LogP contribution is -2.49. The molecule has 0 saturated heterocycles. The Morgan fingerprint density at radius 1 is 1.62 bits per heavy atom. The Balaban J connectivity index is 2.10. The fraction of sp³-hybridized carbons (Fsp3) is 0.600. The van der Waals surface area contributed by atoms with Gasteiger partial charge in [-0.25, -0.2) is 4.98 Å². The topological polar surface area (TPSA) is 82.0 Å². The third-order valence-electron chi connectivity index (χ3n) is 2.29. The van der Waals surface area contributed by atoms with E-state index in [0.29, 0.717) is 6.42 Å². The molecule has 1 rings (SSSR count). The quantitative estimate of drug-likeness (QED) is 0.575. The summed E-state index contributed by atoms with van der Waals surface area (Å²) < 4.78 is 1.09. The number of thioether (sulfide) groups is 1. The number of hydrogen-bond acceptors (Lipinski definition) is 5. The fourth-order valence-corrected chi connectivity index (χ4v) is 2.87. The number of nitrogens with two attached hydrogens (primary N) is 2. The van der Waals surface area contributed by atoms with Crippen LogP contribution >= 0.6 is 23.1 Å². The van der Waals surface area contributed by atoms with E-state index in [-0.39, 0.29) is 0 Å². The van der Waals surface area contributed by atoms with Crippen molar-refractivity contribution in [3.8, 4) is 0 Å². The van der Waals surface area contributed by atoms with E-state index >= 15 is 0 Å². The minimum absolute atomic E-state index is 0.430. The minimum atomic E-state index is -0.869. The van der Waals surface area contributed by atoms with Crippen LogP contribution in [0, 0.1) is 0 Å². The van der Waals surface area contributed by atoms with E-state index in [9.17, 15) is 4.79 Å². The van der Waals surface area contributed by atoms with Gasteiger partial charge in [-0.1, -0.05) is 18.2 Å². The number of thiazole rings is 1. The molecule has 4 N–H and O–H groups in total. The summed E-state index contributed by atoms with van der Waals surface area (Å²) in [5.41, 5.74) is 10.1. The second-order valence-corrected chi connectivity index (χ2v) is 6.12. The van der Waals surface area contributed by atoms with Gasteiger partial charge in [0, 0.05) is 17.3 Å². The highest BCUT2D eigenvalue weighted by Gasteiger charge is 2.24. The van der Waals surface area contributed by atoms with Crippen LogP contribution in [-0.2, 0) is 4.79 Å². The highest BCUT2D eigenvalue weighted by Crippen LogP contribution is 2.22. The normalized spacial score (nSPS) is 14.6. The Labute approximate surface area is 104 Å². The summed E-state index contributed by atoms with van der Waals surface area (Å²) in [6.45, 7) is 1.68. The molecule has 1 heterocycles. The van der Waals surface area contributed by atoms with Crippen LogP contribution in [0.1, 0.15) is 26.2 Å². The van der Waals surface area contributed by atoms with Gasteiger partial charge in [0.2, 0.25) is 5.91 Å². The van der Waals surface area contributed by atoms with Gasteiger partial charge in [0.05, 0.1) is 5.54 Å². The van der Waals surface area contributed by atoms with Gasteiger partial charge >= 0.3 is 0 Å². The largest absolute Gasteiger partial charge is 0.368 e. The maximum atomic E-state index is 11.0. The molecular formula is C10H17N3OS2. The third-order valence-corrected chi connectivity index (χ3v) is 4.34. The summed E-state index contributed by atoms with van der Waals surface area (Å²) in [4.78, 5) is 15.1. The molecule has 1 atom stereocenters. The zero-order chi connectivity index (χ0) is 12.0. The van der Waals surface area contributed by atoms with Crippen LogP contribution in [-0.4, -0.2) is 22.2 Å². The van der Waals surface area contributed by atoms with Gasteiger partial charge in [0.15, 0.2) is 0 Å². The van der Waals surface area contributed by atoms with E-state index in [1.807, 2.05) is 5.38 Å². The number of unbranched alkanes of at least 4 members (excludes halogenated alkanes) is 1. The standard InChI is InChI=1S/C10H17N3OS2/c1-10(12,8(11)14)4-2-3-6-15-9-13-5-7-16-9/h5,7H,2-4,6,12H2,1H3,(H2,11,14). The molecule has 0 aliphatic heterocycles. The maximum Gasteiger partial charge on any atom is 0.237 e. The van der Waals surface area contributed by atoms with Gasteiger partial charge in [0.25, 0.3) is 0 Å². The molecule has 6 heteroatoms. The number of carbonyl (C=O) groups is 1. The maximum absolute atomic E-state index is 11.0. The number of hydrogen-bond donors (Lipinski definition) is 2. The Bertz CT molecular complexity index is 325. The molecule has 1 amide bonds. The van der Waals surface area contributed by atoms with Crippen molar-refractivity contribution in [2.24, 2.45) is 11.5 Å². The summed E-state index contributed by atoms with van der Waals surface area (Å²) in [5.74, 6) is 0.572. The summed E-state index contributed by atoms with van der Waals surface area (Å²) in [5, 5.41) is 1.96. The number of aromatic nitrogens is 1. The molecule has 1 unspecified atom stereocenters. The van der Waals surface area contributed by atoms with Crippen molar-refractivity contribution < 1.29 is 4.79 Å². The molecule has 4 nitrogen and oxygen atoms in total. The van der Waals surface area contributed by atoms with Gasteiger partial charge in [0.1, 0.15) is 4.34 Å². The smallest absolute Gasteiger partial charge is 0.237 e. The average molecular weight is 259 g/mol. The molecule has 0 aliphatic carbocycles. The second kappa shape index (κ2) is 6.22. The lowest BCUT2D eigenvalue weighted by molar-refractivity contribution is -0.122. The Morgan fingerprint density at radius 3 is 2.94 bits per heavy atom. The van der Waals surface area contributed by atoms with Gasteiger partial charge in [-0.05, 0) is 19.8 Å². The molecule has 0 bridgehead atoms. The minimum Gasteiger partial charge on any atom is -0.368 e. The molecule has 0 aliphatic rings. The van der Waals surface area contributed by atoms with Gasteiger partial charge < -0.3 is 11.5 Å². The number of primary amides is 1. The van der Waals surface area contributed by atoms with E-state index in [2.05, 4.69) is 4.98 Å². The van der Waals surface area contributed by atoms with Gasteiger partial charge in [-0.3, -0.25) is 4.79 Å². The highest BCUT2D eigenvalue weighted by molar-refractivity contribution is 8.00. The molecule has 1 aromatic rings. The average Bonchev–Trinajstić information content (AvgIpc) is 2.69. The summed E-state index contributed by atoms with van der Waals surface area (Å²) in [6, 6.07) is 0. The molecule has 0 radical (unpaired) electrons. The lowest BCUT2D eigenvalue weighted by Gasteiger charge is -2.19. The molecule has 16 heavy (non-hydrogen) atoms. The zero-order valence-electron chi connectivity index (χ0n) is 9.31. The van der Waals surface area contributed by atoms with Crippen LogP contribution in [0.15, 0.2) is 15.9 Å². The van der Waals surface area contributed by atoms with Crippen LogP contribution in [0.25, 0.3) is 0 Å². The van der Waals surface area contributed by atoms with Crippen LogP contribution < -0.4 is 11.5 Å². The molecule has 1 aromatic heterocycles. The Hall–Kier alpha value is -0.590. The molecule has 90 valence electrons. The van der Waals surface area contributed by atoms with Gasteiger partial charge in [-0.2, -0.15) is 0 Å². The first-order valence-electron chi connectivity index (χ1n) is 5.13. The first-order chi connectivity index (χ1) is 7.52. The van der Waals surface area contributed by atoms with Crippen LogP contribution in [0.4, 0.5) is 0 Å². The molecule has 0 fully saturated rings. The van der Waals surface area contributed by atoms with Crippen molar-refractivity contribution in [1.82, 2.24) is 4.98 Å². The number of rotatable bonds is 7. The van der Waals surface area contributed by atoms with E-state index in [1.54, 1.807) is 36.2 Å². The molecule has 0 saturated carbocycles. The first-order valence-corrected chi connectivity index (χ1v) is 7.00. The molecule has 0 aromatic carbocycles. The van der Waals surface area contributed by atoms with Crippen molar-refractivity contribution in [3.05, 3.63) is 11.6 Å². The number of nitrogens with zero attached hydrogens (tertiary/aromatic N) is 1. The SMILES string of the molecule is CC(N)(CCCCSc1nccs1)C(N)=O. The second-order valence-electron chi connectivity index (χ2n) is 3.89. The first kappa shape index (κ1) is 13.5. The van der Waals surface area contributed by atoms with E-state index < -0.39 is 11.4 Å². The van der Waals surface area contributed by atoms with Crippen molar-refractivity contribution >= 4 is 29.0 Å². The van der Waals surface area contributed by atoms with Crippen molar-refractivity contribution in [2.75, 3.05) is 5.75 Å². The van der Waals surface area contributed by atoms with E-state index in [1.165, 1.54) is 0 Å².